The lowest BCUT2D eigenvalue weighted by atomic mass is 10.1. The van der Waals surface area contributed by atoms with E-state index in [1.165, 1.54) is 5.56 Å². The van der Waals surface area contributed by atoms with Gasteiger partial charge in [-0.15, -0.1) is 0 Å². The van der Waals surface area contributed by atoms with E-state index in [0.29, 0.717) is 6.42 Å². The lowest BCUT2D eigenvalue weighted by Crippen LogP contribution is -1.86. The van der Waals surface area contributed by atoms with Gasteiger partial charge in [-0.05, 0) is 30.9 Å². The molecule has 0 saturated heterocycles. The van der Waals surface area contributed by atoms with E-state index in [-0.39, 0.29) is 0 Å². The molecule has 0 saturated carbocycles. The van der Waals surface area contributed by atoms with Gasteiger partial charge < -0.3 is 4.79 Å². The van der Waals surface area contributed by atoms with Gasteiger partial charge in [-0.1, -0.05) is 6.07 Å². The predicted molar refractivity (Wildman–Crippen MR) is 47.9 cm³/mol. The van der Waals surface area contributed by atoms with Crippen LogP contribution in [0.5, 0.6) is 0 Å². The van der Waals surface area contributed by atoms with Gasteiger partial charge in [0.2, 0.25) is 0 Å². The number of unbranched alkanes of at least 4 members (excludes halogenated alkanes) is 2. The Morgan fingerprint density at radius 3 is 3.00 bits per heavy atom. The normalized spacial score (nSPS) is 9.67. The second-order valence-electron chi connectivity index (χ2n) is 2.77. The zero-order valence-corrected chi connectivity index (χ0v) is 7.07. The first-order valence-electron chi connectivity index (χ1n) is 4.26. The summed E-state index contributed by atoms with van der Waals surface area (Å²) in [7, 11) is 0. The van der Waals surface area contributed by atoms with Crippen LogP contribution in [0.2, 0.25) is 0 Å². The Morgan fingerprint density at radius 1 is 1.42 bits per heavy atom. The fraction of sp³-hybridized carbons (Fsp3) is 0.400. The Morgan fingerprint density at radius 2 is 2.33 bits per heavy atom. The van der Waals surface area contributed by atoms with Crippen LogP contribution in [0.4, 0.5) is 0 Å². The second-order valence-corrected chi connectivity index (χ2v) is 2.77. The molecule has 0 spiro atoms. The number of carbonyl (C=O) groups is 1. The van der Waals surface area contributed by atoms with Crippen molar-refractivity contribution < 1.29 is 4.79 Å². The molecule has 0 aromatic carbocycles. The van der Waals surface area contributed by atoms with Gasteiger partial charge in [-0.3, -0.25) is 4.98 Å². The first-order chi connectivity index (χ1) is 5.93. The highest BCUT2D eigenvalue weighted by Crippen LogP contribution is 2.03. The van der Waals surface area contributed by atoms with E-state index >= 15 is 0 Å². The number of rotatable bonds is 5. The Balaban J connectivity index is 2.20. The summed E-state index contributed by atoms with van der Waals surface area (Å²) < 4.78 is 0. The second kappa shape index (κ2) is 5.47. The lowest BCUT2D eigenvalue weighted by molar-refractivity contribution is -0.107. The van der Waals surface area contributed by atoms with E-state index < -0.39 is 0 Å². The molecule has 0 atom stereocenters. The van der Waals surface area contributed by atoms with Crippen molar-refractivity contribution in [2.45, 2.75) is 25.7 Å². The summed E-state index contributed by atoms with van der Waals surface area (Å²) in [6.45, 7) is 0. The molecule has 1 aromatic heterocycles. The third kappa shape index (κ3) is 3.28. The van der Waals surface area contributed by atoms with Crippen LogP contribution in [0, 0.1) is 0 Å². The highest BCUT2D eigenvalue weighted by atomic mass is 16.1. The molecule has 0 fully saturated rings. The summed E-state index contributed by atoms with van der Waals surface area (Å²) in [5.74, 6) is 0. The molecule has 0 aliphatic carbocycles. The van der Waals surface area contributed by atoms with E-state index in [2.05, 4.69) is 11.1 Å². The van der Waals surface area contributed by atoms with Crippen LogP contribution in [0.1, 0.15) is 24.8 Å². The Bertz CT molecular complexity index is 221. The average Bonchev–Trinajstić information content (AvgIpc) is 2.14. The van der Waals surface area contributed by atoms with Crippen molar-refractivity contribution in [1.29, 1.82) is 0 Å². The van der Waals surface area contributed by atoms with Crippen LogP contribution in [-0.4, -0.2) is 11.3 Å². The van der Waals surface area contributed by atoms with Crippen molar-refractivity contribution in [1.82, 2.24) is 4.98 Å². The van der Waals surface area contributed by atoms with E-state index in [1.807, 2.05) is 12.3 Å². The molecule has 0 radical (unpaired) electrons. The highest BCUT2D eigenvalue weighted by molar-refractivity contribution is 5.48. The summed E-state index contributed by atoms with van der Waals surface area (Å²) in [5, 5.41) is 0. The lowest BCUT2D eigenvalue weighted by Gasteiger charge is -1.97. The monoisotopic (exact) mass is 163 g/mol. The van der Waals surface area contributed by atoms with Crippen LogP contribution >= 0.6 is 0 Å². The van der Waals surface area contributed by atoms with Crippen molar-refractivity contribution in [3.8, 4) is 0 Å². The number of hydrogen-bond donors (Lipinski definition) is 0. The standard InChI is InChI=1S/C10H13NO/c12-8-3-1-2-5-10-6-4-7-11-9-10/h4,6-9H,1-3,5H2. The third-order valence-corrected chi connectivity index (χ3v) is 1.76. The van der Waals surface area contributed by atoms with Crippen molar-refractivity contribution in [2.75, 3.05) is 0 Å². The summed E-state index contributed by atoms with van der Waals surface area (Å²) in [4.78, 5) is 14.0. The maximum absolute atomic E-state index is 10.0. The minimum Gasteiger partial charge on any atom is -0.303 e. The summed E-state index contributed by atoms with van der Waals surface area (Å²) in [5.41, 5.74) is 1.25. The third-order valence-electron chi connectivity index (χ3n) is 1.76. The smallest absolute Gasteiger partial charge is 0.119 e. The molecule has 1 rings (SSSR count). The Labute approximate surface area is 72.6 Å². The number of aryl methyl sites for hydroxylation is 1. The van der Waals surface area contributed by atoms with Crippen molar-refractivity contribution >= 4 is 6.29 Å². The first-order valence-corrected chi connectivity index (χ1v) is 4.26. The average molecular weight is 163 g/mol. The van der Waals surface area contributed by atoms with Crippen LogP contribution in [0.25, 0.3) is 0 Å². The van der Waals surface area contributed by atoms with Gasteiger partial charge >= 0.3 is 0 Å². The fourth-order valence-electron chi connectivity index (χ4n) is 1.10. The maximum atomic E-state index is 10.0. The molecule has 0 aliphatic heterocycles. The van der Waals surface area contributed by atoms with Crippen molar-refractivity contribution in [3.05, 3.63) is 30.1 Å². The van der Waals surface area contributed by atoms with E-state index in [0.717, 1.165) is 25.5 Å². The van der Waals surface area contributed by atoms with Gasteiger partial charge in [0, 0.05) is 18.8 Å². The predicted octanol–water partition coefficient (Wildman–Crippen LogP) is 1.99. The van der Waals surface area contributed by atoms with E-state index in [4.69, 9.17) is 0 Å². The summed E-state index contributed by atoms with van der Waals surface area (Å²) >= 11 is 0. The molecule has 2 nitrogen and oxygen atoms in total. The molecule has 0 N–H and O–H groups in total. The van der Waals surface area contributed by atoms with Gasteiger partial charge in [0.05, 0.1) is 0 Å². The minimum absolute atomic E-state index is 0.681. The van der Waals surface area contributed by atoms with Gasteiger partial charge in [0.1, 0.15) is 6.29 Å². The number of nitrogens with zero attached hydrogens (tertiary/aromatic N) is 1. The number of pyridine rings is 1. The van der Waals surface area contributed by atoms with Crippen LogP contribution in [0.3, 0.4) is 0 Å². The molecule has 64 valence electrons. The highest BCUT2D eigenvalue weighted by Gasteiger charge is 1.91. The Hall–Kier alpha value is -1.18. The zero-order valence-electron chi connectivity index (χ0n) is 7.07. The molecule has 2 heteroatoms. The SMILES string of the molecule is O=CCCCCc1cccnc1. The van der Waals surface area contributed by atoms with E-state index in [9.17, 15) is 4.79 Å². The largest absolute Gasteiger partial charge is 0.303 e. The number of aldehydes is 1. The molecule has 0 amide bonds. The quantitative estimate of drug-likeness (QED) is 0.491. The van der Waals surface area contributed by atoms with Crippen LogP contribution in [-0.2, 0) is 11.2 Å². The van der Waals surface area contributed by atoms with Crippen LogP contribution in [0.15, 0.2) is 24.5 Å². The number of aromatic nitrogens is 1. The molecular weight excluding hydrogens is 150 g/mol. The molecule has 0 bridgehead atoms. The minimum atomic E-state index is 0.681. The van der Waals surface area contributed by atoms with Crippen molar-refractivity contribution in [3.63, 3.8) is 0 Å². The maximum Gasteiger partial charge on any atom is 0.119 e. The molecule has 1 aromatic rings. The number of carbonyl (C=O) groups excluding carboxylic acids is 1. The first kappa shape index (κ1) is 8.91. The molecule has 0 aliphatic rings. The van der Waals surface area contributed by atoms with Gasteiger partial charge in [0.25, 0.3) is 0 Å². The van der Waals surface area contributed by atoms with Gasteiger partial charge in [-0.2, -0.15) is 0 Å². The summed E-state index contributed by atoms with van der Waals surface area (Å²) in [6, 6.07) is 4.00. The van der Waals surface area contributed by atoms with Crippen molar-refractivity contribution in [2.24, 2.45) is 0 Å². The van der Waals surface area contributed by atoms with Gasteiger partial charge in [-0.25, -0.2) is 0 Å². The molecular formula is C10H13NO. The summed E-state index contributed by atoms with van der Waals surface area (Å²) in [6.07, 6.45) is 8.39. The molecule has 1 heterocycles. The molecule has 0 unspecified atom stereocenters. The van der Waals surface area contributed by atoms with Gasteiger partial charge in [0.15, 0.2) is 0 Å². The topological polar surface area (TPSA) is 30.0 Å². The van der Waals surface area contributed by atoms with Crippen LogP contribution < -0.4 is 0 Å². The number of hydrogen-bond acceptors (Lipinski definition) is 2. The fourth-order valence-corrected chi connectivity index (χ4v) is 1.10. The Kier molecular flexibility index (Phi) is 4.06. The van der Waals surface area contributed by atoms with E-state index in [1.54, 1.807) is 6.20 Å². The zero-order chi connectivity index (χ0) is 8.65. The molecule has 12 heavy (non-hydrogen) atoms.